The lowest BCUT2D eigenvalue weighted by Crippen LogP contribution is -2.40. The Hall–Kier alpha value is -2.87. The predicted octanol–water partition coefficient (Wildman–Crippen LogP) is 2.95. The second-order valence-electron chi connectivity index (χ2n) is 6.78. The van der Waals surface area contributed by atoms with Crippen LogP contribution in [0.15, 0.2) is 41.9 Å². The maximum atomic E-state index is 12.8. The summed E-state index contributed by atoms with van der Waals surface area (Å²) < 4.78 is 6.90. The third-order valence-corrected chi connectivity index (χ3v) is 5.83. The van der Waals surface area contributed by atoms with Gasteiger partial charge in [-0.25, -0.2) is 4.98 Å². The van der Waals surface area contributed by atoms with Crippen molar-refractivity contribution in [2.45, 2.75) is 18.9 Å². The second kappa shape index (κ2) is 8.02. The van der Waals surface area contributed by atoms with E-state index in [1.165, 1.54) is 0 Å². The van der Waals surface area contributed by atoms with E-state index in [4.69, 9.17) is 4.74 Å². The number of amides is 1. The number of aromatic nitrogens is 3. The van der Waals surface area contributed by atoms with Gasteiger partial charge in [-0.3, -0.25) is 9.48 Å². The Labute approximate surface area is 168 Å². The van der Waals surface area contributed by atoms with Crippen LogP contribution in [0.3, 0.4) is 0 Å². The molecule has 0 bridgehead atoms. The van der Waals surface area contributed by atoms with E-state index in [1.54, 1.807) is 30.2 Å². The Morgan fingerprint density at radius 2 is 2.29 bits per heavy atom. The predicted molar refractivity (Wildman–Crippen MR) is 110 cm³/mol. The van der Waals surface area contributed by atoms with Crippen molar-refractivity contribution in [2.75, 3.05) is 25.1 Å². The molecule has 3 heterocycles. The number of hydrogen-bond acceptors (Lipinski definition) is 6. The van der Waals surface area contributed by atoms with Gasteiger partial charge in [0, 0.05) is 43.3 Å². The first-order chi connectivity index (χ1) is 13.7. The molecule has 3 aromatic rings. The van der Waals surface area contributed by atoms with Crippen LogP contribution in [-0.2, 0) is 7.05 Å². The molecule has 0 spiro atoms. The van der Waals surface area contributed by atoms with Crippen molar-refractivity contribution in [2.24, 2.45) is 7.05 Å². The van der Waals surface area contributed by atoms with Crippen LogP contribution in [-0.4, -0.2) is 46.9 Å². The highest BCUT2D eigenvalue weighted by Gasteiger charge is 2.27. The van der Waals surface area contributed by atoms with E-state index < -0.39 is 0 Å². The third kappa shape index (κ3) is 3.73. The first kappa shape index (κ1) is 18.5. The topological polar surface area (TPSA) is 72.3 Å². The summed E-state index contributed by atoms with van der Waals surface area (Å²) in [6, 6.07) is 9.76. The molecule has 0 radical (unpaired) electrons. The van der Waals surface area contributed by atoms with Crippen molar-refractivity contribution in [3.05, 3.63) is 47.6 Å². The zero-order valence-corrected chi connectivity index (χ0v) is 16.8. The van der Waals surface area contributed by atoms with Crippen molar-refractivity contribution < 1.29 is 9.53 Å². The van der Waals surface area contributed by atoms with Crippen LogP contribution >= 0.6 is 11.3 Å². The Morgan fingerprint density at radius 3 is 3.07 bits per heavy atom. The fourth-order valence-electron chi connectivity index (χ4n) is 3.56. The normalized spacial score (nSPS) is 16.4. The van der Waals surface area contributed by atoms with Crippen LogP contribution < -0.4 is 15.0 Å². The summed E-state index contributed by atoms with van der Waals surface area (Å²) in [6.45, 7) is 1.58. The van der Waals surface area contributed by atoms with Crippen molar-refractivity contribution in [3.63, 3.8) is 0 Å². The number of hydrogen-bond donors (Lipinski definition) is 1. The zero-order chi connectivity index (χ0) is 19.5. The minimum absolute atomic E-state index is 0.116. The monoisotopic (exact) mass is 397 g/mol. The maximum absolute atomic E-state index is 12.8. The lowest BCUT2D eigenvalue weighted by Gasteiger charge is -2.24. The van der Waals surface area contributed by atoms with E-state index in [0.29, 0.717) is 12.2 Å². The van der Waals surface area contributed by atoms with E-state index in [9.17, 15) is 4.79 Å². The molecule has 0 unspecified atom stereocenters. The Bertz CT molecular complexity index is 953. The van der Waals surface area contributed by atoms with Gasteiger partial charge in [0.1, 0.15) is 11.4 Å². The minimum Gasteiger partial charge on any atom is -0.497 e. The van der Waals surface area contributed by atoms with Gasteiger partial charge in [-0.15, -0.1) is 11.3 Å². The molecule has 0 aliphatic carbocycles. The lowest BCUT2D eigenvalue weighted by atomic mass is 10.1. The molecule has 2 aromatic heterocycles. The number of thiazole rings is 1. The van der Waals surface area contributed by atoms with Gasteiger partial charge < -0.3 is 15.0 Å². The number of nitrogens with zero attached hydrogens (tertiary/aromatic N) is 4. The van der Waals surface area contributed by atoms with Crippen LogP contribution in [0.25, 0.3) is 11.3 Å². The number of rotatable bonds is 6. The summed E-state index contributed by atoms with van der Waals surface area (Å²) in [5, 5.41) is 10.6. The molecule has 1 atom stereocenters. The van der Waals surface area contributed by atoms with E-state index in [0.717, 1.165) is 41.5 Å². The standard InChI is InChI=1S/C20H23N5O2S/c1-24-18(12-17(23-24)14-5-3-7-16(11-14)27-2)19(26)22-13-15-6-4-9-25(15)20-21-8-10-28-20/h3,5,7-8,10-12,15H,4,6,9,13H2,1-2H3,(H,22,26)/t15-/m0/s1. The molecule has 1 fully saturated rings. The number of carbonyl (C=O) groups is 1. The molecule has 8 heteroatoms. The lowest BCUT2D eigenvalue weighted by molar-refractivity contribution is 0.0942. The Balaban J connectivity index is 1.44. The molecule has 1 aliphatic heterocycles. The smallest absolute Gasteiger partial charge is 0.269 e. The molecule has 7 nitrogen and oxygen atoms in total. The van der Waals surface area contributed by atoms with Gasteiger partial charge in [-0.2, -0.15) is 5.10 Å². The summed E-state index contributed by atoms with van der Waals surface area (Å²) in [7, 11) is 3.42. The second-order valence-corrected chi connectivity index (χ2v) is 7.66. The fraction of sp³-hybridized carbons (Fsp3) is 0.350. The van der Waals surface area contributed by atoms with Gasteiger partial charge in [0.25, 0.3) is 5.91 Å². The summed E-state index contributed by atoms with van der Waals surface area (Å²) in [6.07, 6.45) is 4.00. The highest BCUT2D eigenvalue weighted by atomic mass is 32.1. The van der Waals surface area contributed by atoms with Crippen LogP contribution in [0.4, 0.5) is 5.13 Å². The number of carbonyl (C=O) groups excluding carboxylic acids is 1. The number of nitrogens with one attached hydrogen (secondary N) is 1. The first-order valence-electron chi connectivity index (χ1n) is 9.28. The van der Waals surface area contributed by atoms with Crippen LogP contribution in [0, 0.1) is 0 Å². The zero-order valence-electron chi connectivity index (χ0n) is 16.0. The Kier molecular flexibility index (Phi) is 5.29. The van der Waals surface area contributed by atoms with E-state index in [2.05, 4.69) is 20.3 Å². The number of methoxy groups -OCH3 is 1. The molecule has 1 amide bonds. The van der Waals surface area contributed by atoms with Gasteiger partial charge >= 0.3 is 0 Å². The van der Waals surface area contributed by atoms with Crippen LogP contribution in [0.2, 0.25) is 0 Å². The van der Waals surface area contributed by atoms with Crippen molar-refractivity contribution in [1.29, 1.82) is 0 Å². The molecule has 0 saturated carbocycles. The van der Waals surface area contributed by atoms with E-state index in [1.807, 2.05) is 41.9 Å². The molecule has 1 aliphatic rings. The average molecular weight is 398 g/mol. The quantitative estimate of drug-likeness (QED) is 0.692. The van der Waals surface area contributed by atoms with E-state index in [-0.39, 0.29) is 11.9 Å². The number of ether oxygens (including phenoxy) is 1. The van der Waals surface area contributed by atoms with Gasteiger partial charge in [-0.1, -0.05) is 12.1 Å². The third-order valence-electron chi connectivity index (χ3n) is 5.02. The molecule has 1 N–H and O–H groups in total. The molecule has 1 aromatic carbocycles. The summed E-state index contributed by atoms with van der Waals surface area (Å²) in [5.41, 5.74) is 2.20. The summed E-state index contributed by atoms with van der Waals surface area (Å²) in [4.78, 5) is 19.4. The number of benzene rings is 1. The molecule has 28 heavy (non-hydrogen) atoms. The maximum Gasteiger partial charge on any atom is 0.269 e. The number of anilines is 1. The van der Waals surface area contributed by atoms with Gasteiger partial charge in [0.15, 0.2) is 5.13 Å². The van der Waals surface area contributed by atoms with E-state index >= 15 is 0 Å². The van der Waals surface area contributed by atoms with Crippen molar-refractivity contribution in [3.8, 4) is 17.0 Å². The van der Waals surface area contributed by atoms with Gasteiger partial charge in [0.05, 0.1) is 12.8 Å². The SMILES string of the molecule is COc1cccc(-c2cc(C(=O)NC[C@@H]3CCCN3c3nccs3)n(C)n2)c1. The van der Waals surface area contributed by atoms with Crippen molar-refractivity contribution in [1.82, 2.24) is 20.1 Å². The van der Waals surface area contributed by atoms with Crippen molar-refractivity contribution >= 4 is 22.4 Å². The minimum atomic E-state index is -0.116. The molecular formula is C20H23N5O2S. The molecule has 4 rings (SSSR count). The highest BCUT2D eigenvalue weighted by Crippen LogP contribution is 2.27. The van der Waals surface area contributed by atoms with Crippen LogP contribution in [0.5, 0.6) is 5.75 Å². The summed E-state index contributed by atoms with van der Waals surface area (Å²) in [5.74, 6) is 0.646. The fourth-order valence-corrected chi connectivity index (χ4v) is 4.30. The largest absolute Gasteiger partial charge is 0.497 e. The molecule has 1 saturated heterocycles. The van der Waals surface area contributed by atoms with Crippen LogP contribution in [0.1, 0.15) is 23.3 Å². The van der Waals surface area contributed by atoms with Gasteiger partial charge in [0.2, 0.25) is 0 Å². The Morgan fingerprint density at radius 1 is 1.39 bits per heavy atom. The highest BCUT2D eigenvalue weighted by molar-refractivity contribution is 7.13. The van der Waals surface area contributed by atoms with Gasteiger partial charge in [-0.05, 0) is 31.0 Å². The summed E-state index contributed by atoms with van der Waals surface area (Å²) >= 11 is 1.64. The number of aryl methyl sites for hydroxylation is 1. The average Bonchev–Trinajstić information content (AvgIpc) is 3.46. The first-order valence-corrected chi connectivity index (χ1v) is 10.2. The molecule has 146 valence electrons. The molecular weight excluding hydrogens is 374 g/mol.